The van der Waals surface area contributed by atoms with Gasteiger partial charge in [0.15, 0.2) is 0 Å². The van der Waals surface area contributed by atoms with Crippen LogP contribution >= 0.6 is 0 Å². The molecule has 0 radical (unpaired) electrons. The van der Waals surface area contributed by atoms with Crippen LogP contribution in [-0.2, 0) is 21.7 Å². The summed E-state index contributed by atoms with van der Waals surface area (Å²) >= 11 is 0. The van der Waals surface area contributed by atoms with Gasteiger partial charge in [-0.3, -0.25) is 0 Å². The molecule has 170 valence electrons. The predicted octanol–water partition coefficient (Wildman–Crippen LogP) is -4.67. The zero-order valence-electron chi connectivity index (χ0n) is 19.7. The first kappa shape index (κ1) is 31.8. The van der Waals surface area contributed by atoms with Crippen molar-refractivity contribution in [2.24, 2.45) is 0 Å². The van der Waals surface area contributed by atoms with Crippen LogP contribution in [-0.4, -0.2) is 8.07 Å². The van der Waals surface area contributed by atoms with Gasteiger partial charge in [-0.2, -0.15) is 17.2 Å². The van der Waals surface area contributed by atoms with Crippen LogP contribution in [0.4, 0.5) is 0 Å². The summed E-state index contributed by atoms with van der Waals surface area (Å²) in [6.45, 7) is 11.2. The Hall–Kier alpha value is -1.19. The Bertz CT molecular complexity index is 1070. The van der Waals surface area contributed by atoms with Crippen molar-refractivity contribution in [3.63, 3.8) is 0 Å². The zero-order chi connectivity index (χ0) is 20.6. The second-order valence-electron chi connectivity index (χ2n) is 8.41. The molecule has 0 aliphatic carbocycles. The first-order valence-corrected chi connectivity index (χ1v) is 12.4. The summed E-state index contributed by atoms with van der Waals surface area (Å²) in [5.41, 5.74) is 6.77. The van der Waals surface area contributed by atoms with Gasteiger partial charge in [0.2, 0.25) is 0 Å². The molecule has 0 saturated carbocycles. The molecule has 0 bridgehead atoms. The SMILES string of the molecule is Cc1cccc([Si](c2cccc(C)c2)(c2cccc(C)c2)[c-]2ccc(C)c2C)c1.[Cl-].[Cl-].[Cl-].[Ti+4]. The fraction of sp³-hybridized carbons (Fsp3) is 0.179. The molecule has 4 rings (SSSR count). The fourth-order valence-electron chi connectivity index (χ4n) is 4.68. The van der Waals surface area contributed by atoms with Gasteiger partial charge in [0.05, 0.1) is 0 Å². The fourth-order valence-corrected chi connectivity index (χ4v) is 10.1. The number of hydrogen-bond donors (Lipinski definition) is 0. The van der Waals surface area contributed by atoms with Crippen molar-refractivity contribution in [1.29, 1.82) is 0 Å². The van der Waals surface area contributed by atoms with Gasteiger partial charge in [-0.15, -0.1) is 5.19 Å². The van der Waals surface area contributed by atoms with Gasteiger partial charge < -0.3 is 37.2 Å². The van der Waals surface area contributed by atoms with Crippen molar-refractivity contribution in [2.75, 3.05) is 0 Å². The van der Waals surface area contributed by atoms with Crippen molar-refractivity contribution in [2.45, 2.75) is 34.6 Å². The number of halogens is 3. The topological polar surface area (TPSA) is 0 Å². The summed E-state index contributed by atoms with van der Waals surface area (Å²) < 4.78 is 0. The normalized spacial score (nSPS) is 10.2. The van der Waals surface area contributed by atoms with Crippen LogP contribution in [0.15, 0.2) is 84.9 Å². The minimum absolute atomic E-state index is 0. The van der Waals surface area contributed by atoms with Crippen molar-refractivity contribution in [3.8, 4) is 0 Å². The molecule has 0 saturated heterocycles. The number of hydrogen-bond acceptors (Lipinski definition) is 0. The first-order chi connectivity index (χ1) is 13.9. The third kappa shape index (κ3) is 5.91. The van der Waals surface area contributed by atoms with E-state index in [4.69, 9.17) is 0 Å². The van der Waals surface area contributed by atoms with Crippen LogP contribution in [0, 0.1) is 34.6 Å². The molecule has 0 nitrogen and oxygen atoms in total. The molecule has 0 aliphatic heterocycles. The monoisotopic (exact) mass is 546 g/mol. The molecule has 5 heteroatoms. The molecule has 0 unspecified atom stereocenters. The van der Waals surface area contributed by atoms with E-state index in [1.807, 2.05) is 0 Å². The summed E-state index contributed by atoms with van der Waals surface area (Å²) in [4.78, 5) is 0. The minimum Gasteiger partial charge on any atom is -1.00 e. The van der Waals surface area contributed by atoms with Crippen LogP contribution in [0.25, 0.3) is 0 Å². The van der Waals surface area contributed by atoms with Crippen LogP contribution in [0.5, 0.6) is 0 Å². The van der Waals surface area contributed by atoms with E-state index in [0.717, 1.165) is 0 Å². The van der Waals surface area contributed by atoms with E-state index in [9.17, 15) is 0 Å². The van der Waals surface area contributed by atoms with E-state index in [1.165, 1.54) is 48.6 Å². The molecule has 0 spiro atoms. The molecule has 0 N–H and O–H groups in total. The molecular weight excluding hydrogens is 519 g/mol. The Balaban J connectivity index is 0.00000256. The van der Waals surface area contributed by atoms with Gasteiger partial charge >= 0.3 is 21.7 Å². The standard InChI is InChI=1S/C28H29Si.3ClH.Ti/c1-20-9-6-12-25(17-20)29(26-13-7-10-21(2)18-26,27-14-8-11-22(3)19-27)28-16-15-23(4)24(28)5;;;;/h6-19H,1-5H3;3*1H;/q-1;;;;+4/p-3. The van der Waals surface area contributed by atoms with Gasteiger partial charge in [0.1, 0.15) is 8.07 Å². The van der Waals surface area contributed by atoms with Gasteiger partial charge in [0, 0.05) is 0 Å². The third-order valence-corrected chi connectivity index (χ3v) is 11.1. The Labute approximate surface area is 233 Å². The van der Waals surface area contributed by atoms with E-state index in [0.29, 0.717) is 0 Å². The number of aryl methyl sites for hydroxylation is 4. The van der Waals surface area contributed by atoms with Crippen LogP contribution < -0.4 is 58.0 Å². The molecule has 0 fully saturated rings. The quantitative estimate of drug-likeness (QED) is 0.137. The largest absolute Gasteiger partial charge is 4.00 e. The summed E-state index contributed by atoms with van der Waals surface area (Å²) in [5.74, 6) is 0. The van der Waals surface area contributed by atoms with Crippen LogP contribution in [0.3, 0.4) is 0 Å². The molecule has 4 aromatic carbocycles. The maximum Gasteiger partial charge on any atom is 4.00 e. The second-order valence-corrected chi connectivity index (χ2v) is 12.2. The molecule has 0 aromatic heterocycles. The summed E-state index contributed by atoms with van der Waals surface area (Å²) in [5, 5.41) is 5.89. The van der Waals surface area contributed by atoms with E-state index in [2.05, 4.69) is 120 Å². The molecule has 0 heterocycles. The van der Waals surface area contributed by atoms with Crippen molar-refractivity contribution in [3.05, 3.63) is 113 Å². The number of benzene rings is 3. The molecule has 0 aliphatic rings. The molecule has 33 heavy (non-hydrogen) atoms. The maximum absolute atomic E-state index is 2.42. The van der Waals surface area contributed by atoms with Crippen LogP contribution in [0.2, 0.25) is 0 Å². The summed E-state index contributed by atoms with van der Waals surface area (Å²) in [6.07, 6.45) is 0. The Kier molecular flexibility index (Phi) is 12.6. The average molecular weight is 548 g/mol. The molecular formula is C28H29Cl3SiTi. The summed E-state index contributed by atoms with van der Waals surface area (Å²) in [6, 6.07) is 32.3. The number of rotatable bonds is 4. The van der Waals surface area contributed by atoms with Crippen molar-refractivity contribution in [1.82, 2.24) is 0 Å². The van der Waals surface area contributed by atoms with Gasteiger partial charge in [-0.25, -0.2) is 6.07 Å². The summed E-state index contributed by atoms with van der Waals surface area (Å²) in [7, 11) is -2.42. The average Bonchev–Trinajstić information content (AvgIpc) is 3.02. The van der Waals surface area contributed by atoms with Gasteiger partial charge in [-0.05, 0) is 20.8 Å². The van der Waals surface area contributed by atoms with E-state index < -0.39 is 8.07 Å². The van der Waals surface area contributed by atoms with Crippen molar-refractivity contribution >= 4 is 28.8 Å². The van der Waals surface area contributed by atoms with Gasteiger partial charge in [-0.1, -0.05) is 119 Å². The molecule has 4 aromatic rings. The second kappa shape index (κ2) is 13.0. The Morgan fingerprint density at radius 2 is 0.909 bits per heavy atom. The molecule has 0 atom stereocenters. The van der Waals surface area contributed by atoms with Gasteiger partial charge in [0.25, 0.3) is 0 Å². The molecule has 0 amide bonds. The Morgan fingerprint density at radius 1 is 0.545 bits per heavy atom. The first-order valence-electron chi connectivity index (χ1n) is 10.4. The van der Waals surface area contributed by atoms with Crippen LogP contribution in [0.1, 0.15) is 27.8 Å². The third-order valence-electron chi connectivity index (χ3n) is 6.25. The van der Waals surface area contributed by atoms with E-state index in [1.54, 1.807) is 0 Å². The van der Waals surface area contributed by atoms with Crippen molar-refractivity contribution < 1.29 is 58.9 Å². The van der Waals surface area contributed by atoms with E-state index in [-0.39, 0.29) is 58.9 Å². The Morgan fingerprint density at radius 3 is 1.18 bits per heavy atom. The predicted molar refractivity (Wildman–Crippen MR) is 129 cm³/mol. The minimum atomic E-state index is -2.42. The van der Waals surface area contributed by atoms with E-state index >= 15 is 0 Å². The smallest absolute Gasteiger partial charge is 1.00 e. The zero-order valence-corrected chi connectivity index (χ0v) is 24.5. The maximum atomic E-state index is 2.42.